The Bertz CT molecular complexity index is 552. The van der Waals surface area contributed by atoms with Gasteiger partial charge in [0.2, 0.25) is 5.89 Å². The highest BCUT2D eigenvalue weighted by atomic mass is 19.1. The quantitative estimate of drug-likeness (QED) is 0.874. The van der Waals surface area contributed by atoms with Crippen LogP contribution in [0.3, 0.4) is 0 Å². The highest BCUT2D eigenvalue weighted by molar-refractivity contribution is 5.21. The third-order valence-electron chi connectivity index (χ3n) is 2.57. The van der Waals surface area contributed by atoms with E-state index in [0.29, 0.717) is 5.56 Å². The fraction of sp³-hybridized carbons (Fsp3) is 0.333. The summed E-state index contributed by atoms with van der Waals surface area (Å²) in [6, 6.07) is 2.38. The Hall–Kier alpha value is -1.86. The van der Waals surface area contributed by atoms with Gasteiger partial charge in [0.1, 0.15) is 17.7 Å². The molecule has 2 aromatic rings. The van der Waals surface area contributed by atoms with Gasteiger partial charge in [0, 0.05) is 12.5 Å². The number of halogens is 2. The summed E-state index contributed by atoms with van der Waals surface area (Å²) in [6.45, 7) is 1.50. The Morgan fingerprint density at radius 3 is 2.53 bits per heavy atom. The fourth-order valence-corrected chi connectivity index (χ4v) is 1.58. The summed E-state index contributed by atoms with van der Waals surface area (Å²) in [6.07, 6.45) is -0.718. The number of rotatable bonds is 4. The summed E-state index contributed by atoms with van der Waals surface area (Å²) in [5.41, 5.74) is 6.01. The zero-order chi connectivity index (χ0) is 14.0. The maximum atomic E-state index is 13.0. The minimum Gasteiger partial charge on any atom is -0.391 e. The van der Waals surface area contributed by atoms with Crippen molar-refractivity contribution in [2.24, 2.45) is 5.73 Å². The summed E-state index contributed by atoms with van der Waals surface area (Å²) in [5.74, 6) is -1.00. The lowest BCUT2D eigenvalue weighted by molar-refractivity contribution is 0.146. The number of benzene rings is 1. The van der Waals surface area contributed by atoms with Crippen molar-refractivity contribution in [2.75, 3.05) is 0 Å². The lowest BCUT2D eigenvalue weighted by atomic mass is 10.1. The molecular formula is C12H13F2N3O2. The second kappa shape index (κ2) is 5.41. The lowest BCUT2D eigenvalue weighted by Gasteiger charge is -2.08. The first-order valence-corrected chi connectivity index (χ1v) is 5.67. The van der Waals surface area contributed by atoms with Crippen LogP contribution >= 0.6 is 0 Å². The SMILES string of the molecule is C[C@@H](O)[C@H](N)c1nc(Cc2cc(F)cc(F)c2)no1. The van der Waals surface area contributed by atoms with Gasteiger partial charge in [-0.2, -0.15) is 4.98 Å². The molecule has 5 nitrogen and oxygen atoms in total. The monoisotopic (exact) mass is 269 g/mol. The van der Waals surface area contributed by atoms with Gasteiger partial charge in [0.15, 0.2) is 5.82 Å². The van der Waals surface area contributed by atoms with Crippen LogP contribution in [0.5, 0.6) is 0 Å². The van der Waals surface area contributed by atoms with Crippen molar-refractivity contribution in [1.82, 2.24) is 10.1 Å². The topological polar surface area (TPSA) is 85.2 Å². The molecular weight excluding hydrogens is 256 g/mol. The highest BCUT2D eigenvalue weighted by Gasteiger charge is 2.19. The molecule has 0 fully saturated rings. The van der Waals surface area contributed by atoms with E-state index in [2.05, 4.69) is 10.1 Å². The molecule has 7 heteroatoms. The maximum Gasteiger partial charge on any atom is 0.246 e. The zero-order valence-corrected chi connectivity index (χ0v) is 10.2. The summed E-state index contributed by atoms with van der Waals surface area (Å²) >= 11 is 0. The van der Waals surface area contributed by atoms with Crippen LogP contribution in [0, 0.1) is 11.6 Å². The Morgan fingerprint density at radius 1 is 1.32 bits per heavy atom. The van der Waals surface area contributed by atoms with Crippen LogP contribution in [0.4, 0.5) is 8.78 Å². The molecule has 2 rings (SSSR count). The Kier molecular flexibility index (Phi) is 3.87. The number of hydrogen-bond acceptors (Lipinski definition) is 5. The molecule has 0 saturated carbocycles. The molecule has 0 unspecified atom stereocenters. The summed E-state index contributed by atoms with van der Waals surface area (Å²) in [7, 11) is 0. The number of aliphatic hydroxyl groups is 1. The summed E-state index contributed by atoms with van der Waals surface area (Å²) < 4.78 is 30.9. The smallest absolute Gasteiger partial charge is 0.246 e. The predicted molar refractivity (Wildman–Crippen MR) is 62.1 cm³/mol. The van der Waals surface area contributed by atoms with Gasteiger partial charge in [-0.1, -0.05) is 5.16 Å². The van der Waals surface area contributed by atoms with E-state index < -0.39 is 23.8 Å². The van der Waals surface area contributed by atoms with E-state index in [1.165, 1.54) is 19.1 Å². The number of hydrogen-bond donors (Lipinski definition) is 2. The van der Waals surface area contributed by atoms with Crippen LogP contribution in [0.2, 0.25) is 0 Å². The molecule has 0 aliphatic heterocycles. The molecule has 102 valence electrons. The van der Waals surface area contributed by atoms with Crippen molar-refractivity contribution >= 4 is 0 Å². The highest BCUT2D eigenvalue weighted by Crippen LogP contribution is 2.15. The molecule has 0 amide bonds. The van der Waals surface area contributed by atoms with Crippen molar-refractivity contribution in [3.63, 3.8) is 0 Å². The molecule has 0 aliphatic rings. The Balaban J connectivity index is 2.15. The molecule has 0 radical (unpaired) electrons. The Labute approximate surface area is 108 Å². The molecule has 0 spiro atoms. The Morgan fingerprint density at radius 2 is 1.95 bits per heavy atom. The van der Waals surface area contributed by atoms with Crippen molar-refractivity contribution in [2.45, 2.75) is 25.5 Å². The molecule has 1 aromatic carbocycles. The van der Waals surface area contributed by atoms with E-state index in [4.69, 9.17) is 10.3 Å². The second-order valence-electron chi connectivity index (χ2n) is 4.27. The van der Waals surface area contributed by atoms with Gasteiger partial charge in [-0.15, -0.1) is 0 Å². The molecule has 0 bridgehead atoms. The van der Waals surface area contributed by atoms with Crippen molar-refractivity contribution in [3.05, 3.63) is 47.1 Å². The number of nitrogens with two attached hydrogens (primary N) is 1. The second-order valence-corrected chi connectivity index (χ2v) is 4.27. The van der Waals surface area contributed by atoms with Crippen LogP contribution in [0.1, 0.15) is 30.2 Å². The first-order valence-electron chi connectivity index (χ1n) is 5.67. The van der Waals surface area contributed by atoms with Gasteiger partial charge >= 0.3 is 0 Å². The van der Waals surface area contributed by atoms with Gasteiger partial charge < -0.3 is 15.4 Å². The van der Waals surface area contributed by atoms with Crippen LogP contribution in [0.15, 0.2) is 22.7 Å². The van der Waals surface area contributed by atoms with E-state index in [9.17, 15) is 13.9 Å². The maximum absolute atomic E-state index is 13.0. The van der Waals surface area contributed by atoms with Gasteiger partial charge in [0.05, 0.1) is 6.10 Å². The van der Waals surface area contributed by atoms with Crippen molar-refractivity contribution in [1.29, 1.82) is 0 Å². The molecule has 0 aliphatic carbocycles. The van der Waals surface area contributed by atoms with E-state index >= 15 is 0 Å². The molecule has 1 heterocycles. The first kappa shape index (κ1) is 13.6. The van der Waals surface area contributed by atoms with Crippen molar-refractivity contribution in [3.8, 4) is 0 Å². The average molecular weight is 269 g/mol. The molecule has 3 N–H and O–H groups in total. The number of aliphatic hydroxyl groups excluding tert-OH is 1. The van der Waals surface area contributed by atoms with Crippen LogP contribution in [-0.4, -0.2) is 21.4 Å². The minimum atomic E-state index is -0.833. The van der Waals surface area contributed by atoms with E-state index in [1.54, 1.807) is 0 Å². The van der Waals surface area contributed by atoms with Crippen LogP contribution < -0.4 is 5.73 Å². The summed E-state index contributed by atoms with van der Waals surface area (Å²) in [5, 5.41) is 12.9. The third kappa shape index (κ3) is 3.33. The normalized spacial score (nSPS) is 14.4. The first-order chi connectivity index (χ1) is 8.95. The summed E-state index contributed by atoms with van der Waals surface area (Å²) in [4.78, 5) is 3.98. The molecule has 0 saturated heterocycles. The van der Waals surface area contributed by atoms with E-state index in [-0.39, 0.29) is 18.1 Å². The van der Waals surface area contributed by atoms with Gasteiger partial charge in [-0.25, -0.2) is 8.78 Å². The fourth-order valence-electron chi connectivity index (χ4n) is 1.58. The average Bonchev–Trinajstić information content (AvgIpc) is 2.74. The van der Waals surface area contributed by atoms with Gasteiger partial charge in [0.25, 0.3) is 0 Å². The van der Waals surface area contributed by atoms with E-state index in [0.717, 1.165) is 6.07 Å². The third-order valence-corrected chi connectivity index (χ3v) is 2.57. The van der Waals surface area contributed by atoms with Crippen LogP contribution in [0.25, 0.3) is 0 Å². The number of nitrogens with zero attached hydrogens (tertiary/aromatic N) is 2. The molecule has 1 aromatic heterocycles. The predicted octanol–water partition coefficient (Wildman–Crippen LogP) is 1.32. The lowest BCUT2D eigenvalue weighted by Crippen LogP contribution is -2.23. The van der Waals surface area contributed by atoms with Crippen LogP contribution in [-0.2, 0) is 6.42 Å². The van der Waals surface area contributed by atoms with Crippen molar-refractivity contribution < 1.29 is 18.4 Å². The zero-order valence-electron chi connectivity index (χ0n) is 10.2. The molecule has 19 heavy (non-hydrogen) atoms. The van der Waals surface area contributed by atoms with Gasteiger partial charge in [-0.05, 0) is 24.6 Å². The molecule has 2 atom stereocenters. The van der Waals surface area contributed by atoms with Gasteiger partial charge in [-0.3, -0.25) is 0 Å². The minimum absolute atomic E-state index is 0.0851. The number of aromatic nitrogens is 2. The standard InChI is InChI=1S/C12H13F2N3O2/c1-6(18)11(15)12-16-10(17-19-12)4-7-2-8(13)5-9(14)3-7/h2-3,5-6,11,18H,4,15H2,1H3/t6-,11+/m1/s1. The van der Waals surface area contributed by atoms with E-state index in [1.807, 2.05) is 0 Å². The largest absolute Gasteiger partial charge is 0.391 e.